The van der Waals surface area contributed by atoms with E-state index in [1.807, 2.05) is 91.8 Å². The SMILES string of the molecule is CCCN(Cc1nc2ccc(-c3cnc(-c4ccc(C)c(NC(=O)C5CCCN5C(=O)OC(C)(C)C)c4)o3)cc2[nH]1)C(=O)OC(C)(C)C. The first-order chi connectivity index (χ1) is 22.6. The Morgan fingerprint density at radius 1 is 1.04 bits per heavy atom. The molecule has 0 bridgehead atoms. The van der Waals surface area contributed by atoms with E-state index in [2.05, 4.69) is 20.3 Å². The summed E-state index contributed by atoms with van der Waals surface area (Å²) in [5.41, 5.74) is 3.31. The minimum Gasteiger partial charge on any atom is -0.444 e. The van der Waals surface area contributed by atoms with Crippen molar-refractivity contribution in [3.63, 3.8) is 0 Å². The molecule has 2 N–H and O–H groups in total. The van der Waals surface area contributed by atoms with Gasteiger partial charge in [-0.1, -0.05) is 13.0 Å². The van der Waals surface area contributed by atoms with E-state index in [1.54, 1.807) is 11.1 Å². The van der Waals surface area contributed by atoms with Crippen LogP contribution in [0.5, 0.6) is 0 Å². The quantitative estimate of drug-likeness (QED) is 0.196. The molecule has 1 aliphatic heterocycles. The highest BCUT2D eigenvalue weighted by atomic mass is 16.6. The summed E-state index contributed by atoms with van der Waals surface area (Å²) in [4.78, 5) is 54.5. The molecule has 1 atom stereocenters. The van der Waals surface area contributed by atoms with Gasteiger partial charge in [-0.2, -0.15) is 0 Å². The third kappa shape index (κ3) is 8.34. The molecule has 0 saturated carbocycles. The van der Waals surface area contributed by atoms with Gasteiger partial charge in [0.1, 0.15) is 23.1 Å². The Kier molecular flexibility index (Phi) is 9.84. The molecule has 5 rings (SSSR count). The van der Waals surface area contributed by atoms with Crippen LogP contribution in [0.15, 0.2) is 47.0 Å². The fraction of sp³-hybridized carbons (Fsp3) is 0.472. The first-order valence-corrected chi connectivity index (χ1v) is 16.4. The fourth-order valence-corrected chi connectivity index (χ4v) is 5.53. The summed E-state index contributed by atoms with van der Waals surface area (Å²) in [5, 5.41) is 3.01. The van der Waals surface area contributed by atoms with E-state index < -0.39 is 23.3 Å². The highest BCUT2D eigenvalue weighted by Crippen LogP contribution is 2.31. The van der Waals surface area contributed by atoms with E-state index in [-0.39, 0.29) is 12.0 Å². The second-order valence-corrected chi connectivity index (χ2v) is 14.2. The number of anilines is 1. The number of nitrogens with zero attached hydrogens (tertiary/aromatic N) is 4. The molecule has 3 amide bonds. The predicted molar refractivity (Wildman–Crippen MR) is 183 cm³/mol. The van der Waals surface area contributed by atoms with E-state index in [0.717, 1.165) is 35.0 Å². The van der Waals surface area contributed by atoms with Crippen LogP contribution >= 0.6 is 0 Å². The number of carbonyl (C=O) groups excluding carboxylic acids is 3. The van der Waals surface area contributed by atoms with Gasteiger partial charge in [0.05, 0.1) is 23.8 Å². The number of imidazole rings is 1. The number of carbonyl (C=O) groups is 3. The summed E-state index contributed by atoms with van der Waals surface area (Å²) in [6, 6.07) is 10.7. The van der Waals surface area contributed by atoms with Crippen molar-refractivity contribution in [3.05, 3.63) is 54.0 Å². The third-order valence-electron chi connectivity index (χ3n) is 7.73. The van der Waals surface area contributed by atoms with Crippen molar-refractivity contribution in [2.75, 3.05) is 18.4 Å². The second-order valence-electron chi connectivity index (χ2n) is 14.2. The lowest BCUT2D eigenvalue weighted by Gasteiger charge is -2.28. The normalized spacial score (nSPS) is 15.1. The number of amides is 3. The number of aryl methyl sites for hydroxylation is 1. The smallest absolute Gasteiger partial charge is 0.410 e. The van der Waals surface area contributed by atoms with Gasteiger partial charge in [0.25, 0.3) is 0 Å². The predicted octanol–water partition coefficient (Wildman–Crippen LogP) is 7.68. The fourth-order valence-electron chi connectivity index (χ4n) is 5.53. The van der Waals surface area contributed by atoms with Gasteiger partial charge in [0.2, 0.25) is 11.8 Å². The van der Waals surface area contributed by atoms with Crippen molar-refractivity contribution < 1.29 is 28.3 Å². The number of benzene rings is 2. The topological polar surface area (TPSA) is 143 Å². The molecule has 2 aromatic heterocycles. The van der Waals surface area contributed by atoms with Crippen LogP contribution in [0.3, 0.4) is 0 Å². The molecule has 1 unspecified atom stereocenters. The number of hydrogen-bond donors (Lipinski definition) is 2. The van der Waals surface area contributed by atoms with E-state index in [4.69, 9.17) is 13.9 Å². The van der Waals surface area contributed by atoms with Crippen molar-refractivity contribution >= 4 is 34.8 Å². The van der Waals surface area contributed by atoms with Crippen LogP contribution in [-0.4, -0.2) is 73.2 Å². The zero-order chi connectivity index (χ0) is 34.8. The number of nitrogens with one attached hydrogen (secondary N) is 2. The lowest BCUT2D eigenvalue weighted by atomic mass is 10.1. The molecule has 0 spiro atoms. The molecular formula is C36H46N6O6. The molecule has 3 heterocycles. The van der Waals surface area contributed by atoms with E-state index in [1.165, 1.54) is 4.90 Å². The number of ether oxygens (including phenoxy) is 2. The first-order valence-electron chi connectivity index (χ1n) is 16.4. The van der Waals surface area contributed by atoms with Crippen molar-refractivity contribution in [1.29, 1.82) is 0 Å². The van der Waals surface area contributed by atoms with Crippen LogP contribution in [0.1, 0.15) is 79.1 Å². The summed E-state index contributed by atoms with van der Waals surface area (Å²) < 4.78 is 17.3. The Morgan fingerprint density at radius 3 is 2.48 bits per heavy atom. The second kappa shape index (κ2) is 13.7. The molecule has 0 radical (unpaired) electrons. The number of oxazole rings is 1. The van der Waals surface area contributed by atoms with Gasteiger partial charge in [-0.05, 0) is 104 Å². The highest BCUT2D eigenvalue weighted by molar-refractivity contribution is 5.98. The largest absolute Gasteiger partial charge is 0.444 e. The van der Waals surface area contributed by atoms with Gasteiger partial charge in [-0.25, -0.2) is 19.6 Å². The van der Waals surface area contributed by atoms with Crippen LogP contribution in [0.4, 0.5) is 15.3 Å². The standard InChI is InChI=1S/C36H46N6O6/c1-9-16-41(33(44)47-35(3,4)5)21-30-38-25-15-14-23(18-27(25)39-30)29-20-37-32(46-29)24-13-12-22(2)26(19-24)40-31(43)28-11-10-17-42(28)34(45)48-36(6,7)8/h12-15,18-20,28H,9-11,16-17,21H2,1-8H3,(H,38,39)(H,40,43). The summed E-state index contributed by atoms with van der Waals surface area (Å²) >= 11 is 0. The highest BCUT2D eigenvalue weighted by Gasteiger charge is 2.37. The van der Waals surface area contributed by atoms with Crippen LogP contribution in [0.25, 0.3) is 33.8 Å². The van der Waals surface area contributed by atoms with E-state index in [9.17, 15) is 14.4 Å². The zero-order valence-corrected chi connectivity index (χ0v) is 29.1. The zero-order valence-electron chi connectivity index (χ0n) is 29.1. The number of aromatic nitrogens is 3. The molecule has 256 valence electrons. The van der Waals surface area contributed by atoms with Crippen molar-refractivity contribution in [2.45, 2.75) is 98.4 Å². The van der Waals surface area contributed by atoms with Crippen molar-refractivity contribution in [1.82, 2.24) is 24.8 Å². The summed E-state index contributed by atoms with van der Waals surface area (Å²) in [7, 11) is 0. The summed E-state index contributed by atoms with van der Waals surface area (Å²) in [5.74, 6) is 1.35. The molecule has 2 aromatic carbocycles. The molecule has 1 saturated heterocycles. The molecular weight excluding hydrogens is 612 g/mol. The molecule has 4 aromatic rings. The minimum atomic E-state index is -0.646. The van der Waals surface area contributed by atoms with Crippen molar-refractivity contribution in [2.24, 2.45) is 0 Å². The lowest BCUT2D eigenvalue weighted by Crippen LogP contribution is -2.45. The van der Waals surface area contributed by atoms with Gasteiger partial charge in [-0.3, -0.25) is 9.69 Å². The van der Waals surface area contributed by atoms with E-state index >= 15 is 0 Å². The average molecular weight is 659 g/mol. The number of rotatable bonds is 8. The Bertz CT molecular complexity index is 1800. The minimum absolute atomic E-state index is 0.261. The monoisotopic (exact) mass is 658 g/mol. The van der Waals surface area contributed by atoms with Crippen molar-refractivity contribution in [3.8, 4) is 22.8 Å². The average Bonchev–Trinajstić information content (AvgIpc) is 3.75. The third-order valence-corrected chi connectivity index (χ3v) is 7.73. The van der Waals surface area contributed by atoms with Crippen LogP contribution in [0.2, 0.25) is 0 Å². The Labute approximate surface area is 281 Å². The Balaban J connectivity index is 1.30. The maximum absolute atomic E-state index is 13.3. The first kappa shape index (κ1) is 34.5. The molecule has 48 heavy (non-hydrogen) atoms. The maximum Gasteiger partial charge on any atom is 0.410 e. The molecule has 12 nitrogen and oxygen atoms in total. The van der Waals surface area contributed by atoms with Gasteiger partial charge in [-0.15, -0.1) is 0 Å². The Morgan fingerprint density at radius 2 is 1.77 bits per heavy atom. The molecule has 1 aliphatic rings. The van der Waals surface area contributed by atoms with Gasteiger partial charge >= 0.3 is 12.2 Å². The molecule has 1 fully saturated rings. The summed E-state index contributed by atoms with van der Waals surface area (Å²) in [6.45, 7) is 16.2. The van der Waals surface area contributed by atoms with Crippen LogP contribution in [-0.2, 0) is 20.8 Å². The van der Waals surface area contributed by atoms with Gasteiger partial charge < -0.3 is 29.1 Å². The van der Waals surface area contributed by atoms with Gasteiger partial charge in [0.15, 0.2) is 5.76 Å². The van der Waals surface area contributed by atoms with Crippen LogP contribution in [0, 0.1) is 6.92 Å². The number of hydrogen-bond acceptors (Lipinski definition) is 8. The summed E-state index contributed by atoms with van der Waals surface area (Å²) in [6.07, 6.45) is 2.88. The van der Waals surface area contributed by atoms with Crippen LogP contribution < -0.4 is 5.32 Å². The molecule has 0 aliphatic carbocycles. The number of fused-ring (bicyclic) bond motifs is 1. The maximum atomic E-state index is 13.3. The number of aromatic amines is 1. The Hall–Kier alpha value is -4.87. The number of likely N-dealkylation sites (tertiary alicyclic amines) is 1. The lowest BCUT2D eigenvalue weighted by molar-refractivity contribution is -0.120. The molecule has 12 heteroatoms. The number of H-pyrrole nitrogens is 1. The van der Waals surface area contributed by atoms with Gasteiger partial charge in [0, 0.05) is 29.9 Å². The van der Waals surface area contributed by atoms with E-state index in [0.29, 0.717) is 54.8 Å².